The quantitative estimate of drug-likeness (QED) is 0.0332. The number of unbranched alkanes of at least 4 members (excludes halogenated alkanes) is 24. The second-order valence-electron chi connectivity index (χ2n) is 15.0. The normalized spacial score (nSPS) is 14.8. The molecule has 0 radical (unpaired) electrons. The first-order chi connectivity index (χ1) is 22.8. The van der Waals surface area contributed by atoms with E-state index in [9.17, 15) is 20.4 Å². The van der Waals surface area contributed by atoms with Gasteiger partial charge in [-0.1, -0.05) is 142 Å². The Kier molecular flexibility index (Phi) is 34.0. The Balaban J connectivity index is 4.29. The minimum atomic E-state index is -1.61. The van der Waals surface area contributed by atoms with Gasteiger partial charge in [0.15, 0.2) is 0 Å². The maximum atomic E-state index is 10.0. The van der Waals surface area contributed by atoms with Crippen molar-refractivity contribution < 1.29 is 34.8 Å². The highest BCUT2D eigenvalue weighted by molar-refractivity contribution is 4.80. The SMILES string of the molecule is CCCCCCCCCCCCCC[N+](C)(CCCCCCCCCCCCCC)CCCCCOC[C@H](O)[C@@H](O)[C@@H](O)[C@H](O)CO. The molecule has 0 aromatic rings. The summed E-state index contributed by atoms with van der Waals surface area (Å²) >= 11 is 0. The first-order valence-electron chi connectivity index (χ1n) is 20.6. The number of ether oxygens (including phenoxy) is 1. The fourth-order valence-corrected chi connectivity index (χ4v) is 6.74. The average molecular weight is 675 g/mol. The lowest BCUT2D eigenvalue weighted by molar-refractivity contribution is -0.910. The van der Waals surface area contributed by atoms with Crippen LogP contribution in [0.1, 0.15) is 187 Å². The molecule has 7 heteroatoms. The Morgan fingerprint density at radius 2 is 0.723 bits per heavy atom. The Bertz CT molecular complexity index is 596. The second-order valence-corrected chi connectivity index (χ2v) is 15.0. The highest BCUT2D eigenvalue weighted by atomic mass is 16.5. The van der Waals surface area contributed by atoms with Crippen LogP contribution < -0.4 is 0 Å². The third-order valence-corrected chi connectivity index (χ3v) is 10.2. The first kappa shape index (κ1) is 46.7. The molecule has 4 atom stereocenters. The van der Waals surface area contributed by atoms with Crippen molar-refractivity contribution in [2.24, 2.45) is 0 Å². The van der Waals surface area contributed by atoms with Crippen LogP contribution in [0.2, 0.25) is 0 Å². The Morgan fingerprint density at radius 3 is 1.06 bits per heavy atom. The van der Waals surface area contributed by atoms with Crippen LogP contribution in [-0.2, 0) is 4.74 Å². The molecule has 0 aliphatic rings. The molecular formula is C40H84NO6+. The Labute approximate surface area is 292 Å². The summed E-state index contributed by atoms with van der Waals surface area (Å²) in [6, 6.07) is 0. The molecule has 7 nitrogen and oxygen atoms in total. The van der Waals surface area contributed by atoms with Crippen molar-refractivity contribution in [3.05, 3.63) is 0 Å². The summed E-state index contributed by atoms with van der Waals surface area (Å²) in [6.07, 6.45) is 30.5. The maximum absolute atomic E-state index is 10.0. The number of nitrogens with zero attached hydrogens (tertiary/aromatic N) is 1. The van der Waals surface area contributed by atoms with E-state index in [1.807, 2.05) is 0 Å². The molecule has 0 spiro atoms. The molecule has 5 N–H and O–H groups in total. The van der Waals surface area contributed by atoms with Gasteiger partial charge in [0, 0.05) is 6.61 Å². The Hall–Kier alpha value is -0.280. The molecule has 0 unspecified atom stereocenters. The zero-order valence-electron chi connectivity index (χ0n) is 31.7. The minimum Gasteiger partial charge on any atom is -0.394 e. The third-order valence-electron chi connectivity index (χ3n) is 10.2. The van der Waals surface area contributed by atoms with E-state index in [4.69, 9.17) is 9.84 Å². The van der Waals surface area contributed by atoms with Gasteiger partial charge in [0.25, 0.3) is 0 Å². The first-order valence-corrected chi connectivity index (χ1v) is 20.6. The van der Waals surface area contributed by atoms with Crippen molar-refractivity contribution in [2.75, 3.05) is 46.5 Å². The van der Waals surface area contributed by atoms with E-state index in [1.165, 1.54) is 178 Å². The van der Waals surface area contributed by atoms with Gasteiger partial charge in [-0.05, 0) is 44.9 Å². The number of rotatable bonds is 38. The number of aliphatic hydroxyl groups is 5. The van der Waals surface area contributed by atoms with Crippen LogP contribution in [0, 0.1) is 0 Å². The van der Waals surface area contributed by atoms with Crippen molar-refractivity contribution in [1.29, 1.82) is 0 Å². The highest BCUT2D eigenvalue weighted by Gasteiger charge is 2.30. The maximum Gasteiger partial charge on any atom is 0.111 e. The summed E-state index contributed by atoms with van der Waals surface area (Å²) in [4.78, 5) is 0. The van der Waals surface area contributed by atoms with Gasteiger partial charge >= 0.3 is 0 Å². The molecule has 0 aliphatic heterocycles. The van der Waals surface area contributed by atoms with E-state index in [1.54, 1.807) is 0 Å². The third kappa shape index (κ3) is 29.2. The standard InChI is InChI=1S/C40H84NO6/c1-4-6-8-10-12-14-16-18-20-22-24-27-31-41(3,32-28-25-23-21-19-17-15-13-11-9-7-5-2)33-29-26-30-34-47-36-38(44)40(46)39(45)37(43)35-42/h37-40,42-46H,4-36H2,1-3H3/q+1/t37-,38+,39+,40-/m1/s1. The Morgan fingerprint density at radius 1 is 0.426 bits per heavy atom. The van der Waals surface area contributed by atoms with Crippen LogP contribution in [0.3, 0.4) is 0 Å². The predicted molar refractivity (Wildman–Crippen MR) is 199 cm³/mol. The molecular weight excluding hydrogens is 590 g/mol. The topological polar surface area (TPSA) is 110 Å². The molecule has 0 saturated carbocycles. The van der Waals surface area contributed by atoms with E-state index in [0.717, 1.165) is 19.3 Å². The molecule has 0 aromatic heterocycles. The molecule has 0 bridgehead atoms. The molecule has 0 rings (SSSR count). The van der Waals surface area contributed by atoms with E-state index in [2.05, 4.69) is 20.9 Å². The van der Waals surface area contributed by atoms with E-state index in [0.29, 0.717) is 6.61 Å². The van der Waals surface area contributed by atoms with Crippen molar-refractivity contribution in [3.63, 3.8) is 0 Å². The van der Waals surface area contributed by atoms with Gasteiger partial charge in [0.05, 0.1) is 39.9 Å². The smallest absolute Gasteiger partial charge is 0.111 e. The number of hydrogen-bond donors (Lipinski definition) is 5. The van der Waals surface area contributed by atoms with Crippen LogP contribution in [0.25, 0.3) is 0 Å². The molecule has 284 valence electrons. The van der Waals surface area contributed by atoms with Gasteiger partial charge in [-0.2, -0.15) is 0 Å². The summed E-state index contributed by atoms with van der Waals surface area (Å²) < 4.78 is 6.71. The number of aliphatic hydroxyl groups excluding tert-OH is 5. The average Bonchev–Trinajstić information content (AvgIpc) is 3.07. The molecule has 0 amide bonds. The molecule has 0 saturated heterocycles. The van der Waals surface area contributed by atoms with Gasteiger partial charge in [0.1, 0.15) is 24.4 Å². The number of hydrogen-bond acceptors (Lipinski definition) is 6. The monoisotopic (exact) mass is 675 g/mol. The number of quaternary nitrogens is 1. The second kappa shape index (κ2) is 34.2. The van der Waals surface area contributed by atoms with Gasteiger partial charge in [-0.3, -0.25) is 0 Å². The van der Waals surface area contributed by atoms with Gasteiger partial charge < -0.3 is 34.8 Å². The predicted octanol–water partition coefficient (Wildman–Crippen LogP) is 8.46. The molecule has 0 fully saturated rings. The van der Waals surface area contributed by atoms with Crippen LogP contribution >= 0.6 is 0 Å². The lowest BCUT2D eigenvalue weighted by Gasteiger charge is -2.35. The van der Waals surface area contributed by atoms with Gasteiger partial charge in [-0.25, -0.2) is 0 Å². The largest absolute Gasteiger partial charge is 0.394 e. The van der Waals surface area contributed by atoms with E-state index < -0.39 is 31.0 Å². The summed E-state index contributed by atoms with van der Waals surface area (Å²) in [5, 5.41) is 48.1. The fraction of sp³-hybridized carbons (Fsp3) is 1.00. The van der Waals surface area contributed by atoms with Crippen LogP contribution in [0.15, 0.2) is 0 Å². The van der Waals surface area contributed by atoms with Crippen molar-refractivity contribution >= 4 is 0 Å². The van der Waals surface area contributed by atoms with Gasteiger partial charge in [-0.15, -0.1) is 0 Å². The van der Waals surface area contributed by atoms with Crippen molar-refractivity contribution in [1.82, 2.24) is 0 Å². The summed E-state index contributed by atoms with van der Waals surface area (Å²) in [5.74, 6) is 0. The van der Waals surface area contributed by atoms with E-state index in [-0.39, 0.29) is 6.61 Å². The lowest BCUT2D eigenvalue weighted by Crippen LogP contribution is -2.47. The molecule has 0 heterocycles. The van der Waals surface area contributed by atoms with E-state index >= 15 is 0 Å². The van der Waals surface area contributed by atoms with Crippen LogP contribution in [-0.4, -0.2) is 101 Å². The van der Waals surface area contributed by atoms with Crippen LogP contribution in [0.4, 0.5) is 0 Å². The fourth-order valence-electron chi connectivity index (χ4n) is 6.74. The molecule has 0 aliphatic carbocycles. The molecule has 47 heavy (non-hydrogen) atoms. The zero-order valence-corrected chi connectivity index (χ0v) is 31.7. The summed E-state index contributed by atoms with van der Waals surface area (Å²) in [7, 11) is 2.47. The molecule has 0 aromatic carbocycles. The zero-order chi connectivity index (χ0) is 34.9. The van der Waals surface area contributed by atoms with Crippen molar-refractivity contribution in [3.8, 4) is 0 Å². The highest BCUT2D eigenvalue weighted by Crippen LogP contribution is 2.17. The summed E-state index contributed by atoms with van der Waals surface area (Å²) in [6.45, 7) is 8.02. The summed E-state index contributed by atoms with van der Waals surface area (Å²) in [5.41, 5.74) is 0. The van der Waals surface area contributed by atoms with Gasteiger partial charge in [0.2, 0.25) is 0 Å². The lowest BCUT2D eigenvalue weighted by atomic mass is 10.0. The van der Waals surface area contributed by atoms with Crippen LogP contribution in [0.5, 0.6) is 0 Å². The van der Waals surface area contributed by atoms with Crippen molar-refractivity contribution in [2.45, 2.75) is 212 Å². The minimum absolute atomic E-state index is 0.109.